The second-order valence-electron chi connectivity index (χ2n) is 2.86. The molecule has 2 aromatic rings. The van der Waals surface area contributed by atoms with Gasteiger partial charge in [-0.2, -0.15) is 0 Å². The first kappa shape index (κ1) is 11.3. The molecule has 0 amide bonds. The van der Waals surface area contributed by atoms with E-state index < -0.39 is 5.82 Å². The molecule has 2 N–H and O–H groups in total. The molecule has 1 heterocycles. The van der Waals surface area contributed by atoms with E-state index in [4.69, 9.17) is 17.3 Å². The van der Waals surface area contributed by atoms with Gasteiger partial charge in [-0.05, 0) is 0 Å². The molecule has 6 heteroatoms. The average molecular weight is 435 g/mol. The fourth-order valence-electron chi connectivity index (χ4n) is 1.18. The number of nitrogens with zero attached hydrogens (tertiary/aromatic N) is 1. The Morgan fingerprint density at radius 2 is 2.20 bits per heavy atom. The second-order valence-corrected chi connectivity index (χ2v) is 7.65. The van der Waals surface area contributed by atoms with E-state index in [9.17, 15) is 4.39 Å². The molecule has 0 spiro atoms. The van der Waals surface area contributed by atoms with Crippen molar-refractivity contribution >= 4 is 56.3 Å². The average Bonchev–Trinajstić information content (AvgIpc) is 2.50. The van der Waals surface area contributed by atoms with Crippen molar-refractivity contribution in [2.24, 2.45) is 0 Å². The van der Waals surface area contributed by atoms with Gasteiger partial charge in [0.15, 0.2) is 0 Å². The van der Waals surface area contributed by atoms with Gasteiger partial charge in [0.05, 0.1) is 0 Å². The monoisotopic (exact) mass is 435 g/mol. The summed E-state index contributed by atoms with van der Waals surface area (Å²) in [5.41, 5.74) is 7.25. The Hall–Kier alpha value is -0.208. The van der Waals surface area contributed by atoms with E-state index in [1.807, 2.05) is 0 Å². The summed E-state index contributed by atoms with van der Waals surface area (Å²) in [6.45, 7) is 0. The molecule has 15 heavy (non-hydrogen) atoms. The van der Waals surface area contributed by atoms with Gasteiger partial charge in [0.25, 0.3) is 0 Å². The number of halogens is 2. The van der Waals surface area contributed by atoms with E-state index in [2.05, 4.69) is 4.98 Å². The van der Waals surface area contributed by atoms with Crippen molar-refractivity contribution in [3.63, 3.8) is 0 Å². The first-order valence-electron chi connectivity index (χ1n) is 4.01. The van der Waals surface area contributed by atoms with E-state index in [0.29, 0.717) is 5.13 Å². The van der Waals surface area contributed by atoms with Crippen molar-refractivity contribution in [1.82, 2.24) is 4.98 Å². The van der Waals surface area contributed by atoms with E-state index in [1.165, 1.54) is 17.4 Å². The first-order valence-corrected chi connectivity index (χ1v) is 7.15. The van der Waals surface area contributed by atoms with Crippen LogP contribution in [0.25, 0.3) is 11.3 Å². The molecule has 0 aliphatic carbocycles. The molecule has 0 aliphatic heterocycles. The molecule has 0 bridgehead atoms. The molecule has 0 aliphatic rings. The number of rotatable bonds is 1. The molecule has 0 saturated heterocycles. The summed E-state index contributed by atoms with van der Waals surface area (Å²) < 4.78 is 14.1. The van der Waals surface area contributed by atoms with E-state index in [1.54, 1.807) is 12.1 Å². The summed E-state index contributed by atoms with van der Waals surface area (Å²) in [6.07, 6.45) is 0. The van der Waals surface area contributed by atoms with Crippen LogP contribution >= 0.6 is 22.9 Å². The fourth-order valence-corrected chi connectivity index (χ4v) is 3.96. The topological polar surface area (TPSA) is 38.9 Å². The van der Waals surface area contributed by atoms with Crippen LogP contribution in [0.5, 0.6) is 0 Å². The van der Waals surface area contributed by atoms with Gasteiger partial charge < -0.3 is 0 Å². The van der Waals surface area contributed by atoms with Crippen molar-refractivity contribution in [3.05, 3.63) is 29.0 Å². The Morgan fingerprint density at radius 3 is 2.73 bits per heavy atom. The second kappa shape index (κ2) is 4.34. The summed E-state index contributed by atoms with van der Waals surface area (Å²) in [4.78, 5) is 4.20. The minimum absolute atomic E-state index is 0.111. The van der Waals surface area contributed by atoms with Gasteiger partial charge in [-0.15, -0.1) is 0 Å². The van der Waals surface area contributed by atoms with Crippen LogP contribution in [0.3, 0.4) is 0 Å². The third-order valence-electron chi connectivity index (χ3n) is 1.84. The van der Waals surface area contributed by atoms with Crippen molar-refractivity contribution in [2.45, 2.75) is 0 Å². The van der Waals surface area contributed by atoms with Crippen LogP contribution < -0.4 is 8.17 Å². The molecule has 0 fully saturated rings. The number of hydrogen-bond donors (Lipinski definition) is 1. The summed E-state index contributed by atoms with van der Waals surface area (Å²) in [6, 6.07) is 4.58. The van der Waals surface area contributed by atoms with Crippen LogP contribution in [0.15, 0.2) is 18.2 Å². The molecule has 2 rings (SSSR count). The zero-order valence-corrected chi connectivity index (χ0v) is 12.9. The van der Waals surface area contributed by atoms with Gasteiger partial charge in [-0.3, -0.25) is 0 Å². The molecular formula is C9H5ClFN2PbS. The molecule has 75 valence electrons. The fraction of sp³-hybridized carbons (Fsp3) is 0. The molecular weight excluding hydrogens is 430 g/mol. The van der Waals surface area contributed by atoms with E-state index >= 15 is 0 Å². The van der Waals surface area contributed by atoms with Crippen molar-refractivity contribution in [1.29, 1.82) is 0 Å². The first-order chi connectivity index (χ1) is 7.08. The molecule has 1 aromatic heterocycles. The van der Waals surface area contributed by atoms with Gasteiger partial charge in [0, 0.05) is 0 Å². The zero-order valence-electron chi connectivity index (χ0n) is 7.42. The number of benzene rings is 1. The van der Waals surface area contributed by atoms with Crippen LogP contribution in [0.4, 0.5) is 9.52 Å². The van der Waals surface area contributed by atoms with Crippen molar-refractivity contribution < 1.29 is 4.39 Å². The van der Waals surface area contributed by atoms with Gasteiger partial charge in [-0.1, -0.05) is 0 Å². The van der Waals surface area contributed by atoms with E-state index in [-0.39, 0.29) is 5.02 Å². The third kappa shape index (κ3) is 2.31. The van der Waals surface area contributed by atoms with E-state index in [0.717, 1.165) is 39.5 Å². The zero-order chi connectivity index (χ0) is 11.0. The Balaban J connectivity index is 2.54. The maximum absolute atomic E-state index is 13.0. The quantitative estimate of drug-likeness (QED) is 0.697. The van der Waals surface area contributed by atoms with Crippen LogP contribution in [-0.2, 0) is 0 Å². The van der Waals surface area contributed by atoms with Crippen LogP contribution in [-0.4, -0.2) is 30.8 Å². The third-order valence-corrected chi connectivity index (χ3v) is 4.94. The van der Waals surface area contributed by atoms with Crippen molar-refractivity contribution in [2.75, 3.05) is 5.73 Å². The van der Waals surface area contributed by atoms with Gasteiger partial charge in [0.2, 0.25) is 0 Å². The Bertz CT molecular complexity index is 515. The van der Waals surface area contributed by atoms with Gasteiger partial charge in [-0.25, -0.2) is 0 Å². The molecule has 2 nitrogen and oxygen atoms in total. The number of aromatic nitrogens is 1. The number of nitrogen functional groups attached to an aromatic ring is 1. The predicted molar refractivity (Wildman–Crippen MR) is 62.3 cm³/mol. The number of hydrogen-bond acceptors (Lipinski definition) is 3. The summed E-state index contributed by atoms with van der Waals surface area (Å²) in [5, 5.41) is 0.649. The van der Waals surface area contributed by atoms with Gasteiger partial charge in [0.1, 0.15) is 0 Å². The normalized spacial score (nSPS) is 10.6. The Kier molecular flexibility index (Phi) is 3.27. The molecule has 0 atom stereocenters. The number of anilines is 1. The van der Waals surface area contributed by atoms with Gasteiger partial charge >= 0.3 is 112 Å². The minimum atomic E-state index is -0.418. The van der Waals surface area contributed by atoms with Crippen LogP contribution in [0, 0.1) is 5.82 Å². The summed E-state index contributed by atoms with van der Waals surface area (Å²) in [7, 11) is 0. The molecule has 1 aromatic carbocycles. The summed E-state index contributed by atoms with van der Waals surface area (Å²) >= 11 is 8.04. The SMILES string of the molecule is Nc1nc(-c2ccc(F)c(Cl)c2)[c]([Pb])s1. The predicted octanol–water partition coefficient (Wildman–Crippen LogP) is 1.98. The van der Waals surface area contributed by atoms with Crippen LogP contribution in [0.2, 0.25) is 5.02 Å². The Labute approximate surface area is 111 Å². The summed E-state index contributed by atoms with van der Waals surface area (Å²) in [5.74, 6) is -0.418. The standard InChI is InChI=1S/C9H5ClFN2S.Pb/c10-6-3-5(1-2-7(6)11)8-4-14-9(12)13-8;/h1-3H,(H2,12,13);. The maximum atomic E-state index is 13.0. The Morgan fingerprint density at radius 1 is 1.47 bits per heavy atom. The number of thiazole rings is 1. The van der Waals surface area contributed by atoms with Crippen molar-refractivity contribution in [3.8, 4) is 11.3 Å². The molecule has 3 radical (unpaired) electrons. The van der Waals surface area contributed by atoms with Crippen LogP contribution in [0.1, 0.15) is 0 Å². The number of nitrogens with two attached hydrogens (primary N) is 1. The molecule has 0 saturated carbocycles. The molecule has 0 unspecified atom stereocenters.